The molecule has 0 saturated heterocycles. The number of carbonyl (C=O) groups excluding carboxylic acids is 1. The van der Waals surface area contributed by atoms with Crippen LogP contribution in [0.5, 0.6) is 0 Å². The first-order valence-electron chi connectivity index (χ1n) is 6.34. The molecule has 0 aromatic heterocycles. The molecule has 0 heterocycles. The minimum Gasteiger partial charge on any atom is -0.480 e. The number of hydrogen-bond donors (Lipinski definition) is 2. The third-order valence-electron chi connectivity index (χ3n) is 3.70. The van der Waals surface area contributed by atoms with E-state index in [1.54, 1.807) is 0 Å². The zero-order chi connectivity index (χ0) is 12.4. The van der Waals surface area contributed by atoms with E-state index in [0.717, 1.165) is 32.1 Å². The predicted molar refractivity (Wildman–Crippen MR) is 62.3 cm³/mol. The molecule has 3 N–H and O–H groups in total. The van der Waals surface area contributed by atoms with Crippen LogP contribution in [0, 0.1) is 11.8 Å². The van der Waals surface area contributed by atoms with E-state index in [9.17, 15) is 9.59 Å². The SMILES string of the molecule is NC1CCCC1C(=O)N(CC(=O)O)CC1CC1. The zero-order valence-corrected chi connectivity index (χ0v) is 9.97. The molecule has 17 heavy (non-hydrogen) atoms. The van der Waals surface area contributed by atoms with Crippen molar-refractivity contribution in [1.82, 2.24) is 4.90 Å². The predicted octanol–water partition coefficient (Wildman–Crippen LogP) is 0.437. The van der Waals surface area contributed by atoms with Crippen molar-refractivity contribution in [2.24, 2.45) is 17.6 Å². The van der Waals surface area contributed by atoms with Crippen molar-refractivity contribution in [2.75, 3.05) is 13.1 Å². The molecule has 2 unspecified atom stereocenters. The molecule has 0 aromatic rings. The lowest BCUT2D eigenvalue weighted by Crippen LogP contribution is -2.44. The second-order valence-corrected chi connectivity index (χ2v) is 5.26. The lowest BCUT2D eigenvalue weighted by atomic mass is 10.0. The van der Waals surface area contributed by atoms with E-state index < -0.39 is 5.97 Å². The highest BCUT2D eigenvalue weighted by Crippen LogP contribution is 2.31. The van der Waals surface area contributed by atoms with Gasteiger partial charge in [-0.25, -0.2) is 0 Å². The van der Waals surface area contributed by atoms with E-state index in [-0.39, 0.29) is 24.4 Å². The first-order chi connectivity index (χ1) is 8.08. The minimum atomic E-state index is -0.939. The molecular formula is C12H20N2O3. The number of carbonyl (C=O) groups is 2. The molecule has 2 saturated carbocycles. The van der Waals surface area contributed by atoms with Gasteiger partial charge in [0.1, 0.15) is 6.54 Å². The summed E-state index contributed by atoms with van der Waals surface area (Å²) in [6, 6.07) is -0.0852. The fourth-order valence-electron chi connectivity index (χ4n) is 2.54. The fourth-order valence-corrected chi connectivity index (χ4v) is 2.54. The highest BCUT2D eigenvalue weighted by Gasteiger charge is 2.36. The first-order valence-corrected chi connectivity index (χ1v) is 6.34. The van der Waals surface area contributed by atoms with Crippen LogP contribution in [0.3, 0.4) is 0 Å². The van der Waals surface area contributed by atoms with Crippen LogP contribution in [-0.4, -0.2) is 41.0 Å². The summed E-state index contributed by atoms with van der Waals surface area (Å²) in [6.07, 6.45) is 4.88. The minimum absolute atomic E-state index is 0.0516. The molecule has 0 aliphatic heterocycles. The smallest absolute Gasteiger partial charge is 0.323 e. The molecule has 0 spiro atoms. The highest BCUT2D eigenvalue weighted by molar-refractivity contribution is 5.83. The molecule has 0 bridgehead atoms. The molecular weight excluding hydrogens is 220 g/mol. The van der Waals surface area contributed by atoms with Crippen LogP contribution in [0.1, 0.15) is 32.1 Å². The van der Waals surface area contributed by atoms with Gasteiger partial charge in [0.15, 0.2) is 0 Å². The summed E-state index contributed by atoms with van der Waals surface area (Å²) in [5, 5.41) is 8.85. The van der Waals surface area contributed by atoms with Crippen molar-refractivity contribution in [3.8, 4) is 0 Å². The Balaban J connectivity index is 1.97. The number of amides is 1. The van der Waals surface area contributed by atoms with E-state index in [4.69, 9.17) is 10.8 Å². The van der Waals surface area contributed by atoms with Crippen molar-refractivity contribution >= 4 is 11.9 Å². The number of hydrogen-bond acceptors (Lipinski definition) is 3. The Labute approximate surface area is 101 Å². The van der Waals surface area contributed by atoms with Crippen LogP contribution in [0.25, 0.3) is 0 Å². The molecule has 5 nitrogen and oxygen atoms in total. The van der Waals surface area contributed by atoms with Gasteiger partial charge in [-0.15, -0.1) is 0 Å². The lowest BCUT2D eigenvalue weighted by molar-refractivity contribution is -0.146. The average molecular weight is 240 g/mol. The topological polar surface area (TPSA) is 83.6 Å². The van der Waals surface area contributed by atoms with Crippen LogP contribution in [-0.2, 0) is 9.59 Å². The maximum atomic E-state index is 12.2. The average Bonchev–Trinajstić information content (AvgIpc) is 2.97. The van der Waals surface area contributed by atoms with Gasteiger partial charge in [0.2, 0.25) is 5.91 Å². The Morgan fingerprint density at radius 1 is 1.24 bits per heavy atom. The number of aliphatic carboxylic acids is 1. The van der Waals surface area contributed by atoms with E-state index in [0.29, 0.717) is 12.5 Å². The molecule has 2 aliphatic carbocycles. The van der Waals surface area contributed by atoms with Crippen molar-refractivity contribution in [3.05, 3.63) is 0 Å². The Morgan fingerprint density at radius 3 is 2.41 bits per heavy atom. The molecule has 2 fully saturated rings. The third-order valence-corrected chi connectivity index (χ3v) is 3.70. The van der Waals surface area contributed by atoms with Gasteiger partial charge >= 0.3 is 5.97 Å². The van der Waals surface area contributed by atoms with Crippen molar-refractivity contribution in [1.29, 1.82) is 0 Å². The number of rotatable bonds is 5. The summed E-state index contributed by atoms with van der Waals surface area (Å²) < 4.78 is 0. The molecule has 96 valence electrons. The van der Waals surface area contributed by atoms with Crippen LogP contribution < -0.4 is 5.73 Å². The maximum absolute atomic E-state index is 12.2. The Kier molecular flexibility index (Phi) is 3.66. The number of nitrogens with zero attached hydrogens (tertiary/aromatic N) is 1. The van der Waals surface area contributed by atoms with Crippen LogP contribution in [0.4, 0.5) is 0 Å². The van der Waals surface area contributed by atoms with Gasteiger partial charge in [-0.1, -0.05) is 6.42 Å². The van der Waals surface area contributed by atoms with Crippen molar-refractivity contribution in [3.63, 3.8) is 0 Å². The molecule has 0 aromatic carbocycles. The van der Waals surface area contributed by atoms with Gasteiger partial charge < -0.3 is 15.7 Å². The molecule has 0 radical (unpaired) electrons. The van der Waals surface area contributed by atoms with Crippen LogP contribution in [0.2, 0.25) is 0 Å². The van der Waals surface area contributed by atoms with Crippen LogP contribution >= 0.6 is 0 Å². The molecule has 2 atom stereocenters. The standard InChI is InChI=1S/C12H20N2O3/c13-10-3-1-2-9(10)12(17)14(7-11(15)16)6-8-4-5-8/h8-10H,1-7,13H2,(H,15,16). The number of nitrogens with two attached hydrogens (primary N) is 1. The van der Waals surface area contributed by atoms with E-state index in [1.807, 2.05) is 0 Å². The van der Waals surface area contributed by atoms with Gasteiger partial charge in [0.25, 0.3) is 0 Å². The summed E-state index contributed by atoms with van der Waals surface area (Å²) in [7, 11) is 0. The number of carboxylic acid groups (broad SMARTS) is 1. The van der Waals surface area contributed by atoms with Crippen molar-refractivity contribution < 1.29 is 14.7 Å². The second kappa shape index (κ2) is 5.04. The summed E-state index contributed by atoms with van der Waals surface area (Å²) in [6.45, 7) is 0.410. The quantitative estimate of drug-likeness (QED) is 0.730. The highest BCUT2D eigenvalue weighted by atomic mass is 16.4. The fraction of sp³-hybridized carbons (Fsp3) is 0.833. The second-order valence-electron chi connectivity index (χ2n) is 5.26. The molecule has 1 amide bonds. The molecule has 2 aliphatic rings. The normalized spacial score (nSPS) is 28.1. The summed E-state index contributed by atoms with van der Waals surface area (Å²) in [5.74, 6) is -0.640. The monoisotopic (exact) mass is 240 g/mol. The Morgan fingerprint density at radius 2 is 1.94 bits per heavy atom. The largest absolute Gasteiger partial charge is 0.480 e. The Bertz CT molecular complexity index is 315. The summed E-state index contributed by atoms with van der Waals surface area (Å²) in [4.78, 5) is 24.5. The van der Waals surface area contributed by atoms with E-state index in [2.05, 4.69) is 0 Å². The molecule has 2 rings (SSSR count). The maximum Gasteiger partial charge on any atom is 0.323 e. The van der Waals surface area contributed by atoms with Gasteiger partial charge in [-0.3, -0.25) is 9.59 Å². The van der Waals surface area contributed by atoms with Gasteiger partial charge in [-0.2, -0.15) is 0 Å². The zero-order valence-electron chi connectivity index (χ0n) is 9.97. The summed E-state index contributed by atoms with van der Waals surface area (Å²) >= 11 is 0. The summed E-state index contributed by atoms with van der Waals surface area (Å²) in [5.41, 5.74) is 5.90. The Hall–Kier alpha value is -1.10. The number of carboxylic acids is 1. The molecule has 5 heteroatoms. The van der Waals surface area contributed by atoms with Gasteiger partial charge in [-0.05, 0) is 31.6 Å². The van der Waals surface area contributed by atoms with E-state index in [1.165, 1.54) is 4.90 Å². The third kappa shape index (κ3) is 3.19. The first kappa shape index (κ1) is 12.4. The lowest BCUT2D eigenvalue weighted by Gasteiger charge is -2.25. The van der Waals surface area contributed by atoms with Crippen molar-refractivity contribution in [2.45, 2.75) is 38.1 Å². The van der Waals surface area contributed by atoms with Crippen LogP contribution in [0.15, 0.2) is 0 Å². The van der Waals surface area contributed by atoms with Gasteiger partial charge in [0.05, 0.1) is 5.92 Å². The van der Waals surface area contributed by atoms with E-state index >= 15 is 0 Å². The van der Waals surface area contributed by atoms with Gasteiger partial charge in [0, 0.05) is 12.6 Å².